The highest BCUT2D eigenvalue weighted by atomic mass is 19.1. The molecule has 19 heavy (non-hydrogen) atoms. The van der Waals surface area contributed by atoms with E-state index in [1.807, 2.05) is 11.4 Å². The Bertz CT molecular complexity index is 644. The molecular formula is C13H11FN4O. The quantitative estimate of drug-likeness (QED) is 0.630. The van der Waals surface area contributed by atoms with Crippen LogP contribution < -0.4 is 5.32 Å². The summed E-state index contributed by atoms with van der Waals surface area (Å²) in [6.45, 7) is 0. The molecule has 0 fully saturated rings. The Labute approximate surface area is 108 Å². The Morgan fingerprint density at radius 3 is 3.05 bits per heavy atom. The first-order valence-corrected chi connectivity index (χ1v) is 5.99. The molecule has 0 saturated heterocycles. The van der Waals surface area contributed by atoms with E-state index >= 15 is 0 Å². The van der Waals surface area contributed by atoms with Crippen LogP contribution in [0.4, 0.5) is 15.0 Å². The predicted octanol–water partition coefficient (Wildman–Crippen LogP) is 2.53. The van der Waals surface area contributed by atoms with E-state index in [0.29, 0.717) is 0 Å². The van der Waals surface area contributed by atoms with Crippen molar-refractivity contribution in [1.29, 1.82) is 0 Å². The molecule has 5 nitrogen and oxygen atoms in total. The van der Waals surface area contributed by atoms with Gasteiger partial charge in [-0.05, 0) is 30.9 Å². The molecule has 3 rings (SSSR count). The molecule has 0 aromatic carbocycles. The number of rotatable bonds is 1. The maximum Gasteiger partial charge on any atom is 0.403 e. The fraction of sp³-hybridized carbons (Fsp3) is 0.231. The van der Waals surface area contributed by atoms with Crippen molar-refractivity contribution in [3.05, 3.63) is 35.9 Å². The van der Waals surface area contributed by atoms with Crippen molar-refractivity contribution in [3.8, 4) is 11.3 Å². The largest absolute Gasteiger partial charge is 0.403 e. The summed E-state index contributed by atoms with van der Waals surface area (Å²) >= 11 is 0. The molecule has 0 atom stereocenters. The zero-order valence-electron chi connectivity index (χ0n) is 10.1. The number of fused-ring (bicyclic) bond motifs is 3. The Morgan fingerprint density at radius 1 is 1.32 bits per heavy atom. The van der Waals surface area contributed by atoms with E-state index in [0.717, 1.165) is 36.2 Å². The van der Waals surface area contributed by atoms with Crippen LogP contribution in [-0.4, -0.2) is 21.1 Å². The van der Waals surface area contributed by atoms with Gasteiger partial charge in [-0.2, -0.15) is 0 Å². The molecule has 2 aromatic heterocycles. The highest BCUT2D eigenvalue weighted by Crippen LogP contribution is 2.29. The molecule has 2 heterocycles. The number of hydrogen-bond acceptors (Lipinski definition) is 4. The Hall–Kier alpha value is -2.37. The maximum atomic E-state index is 12.3. The summed E-state index contributed by atoms with van der Waals surface area (Å²) in [6, 6.07) is 1.98. The number of pyridine rings is 1. The van der Waals surface area contributed by atoms with E-state index in [1.165, 1.54) is 11.8 Å². The molecule has 1 amide bonds. The van der Waals surface area contributed by atoms with Crippen LogP contribution in [0.25, 0.3) is 11.3 Å². The van der Waals surface area contributed by atoms with Crippen LogP contribution in [0.15, 0.2) is 24.7 Å². The lowest BCUT2D eigenvalue weighted by molar-refractivity contribution is 0.234. The van der Waals surface area contributed by atoms with E-state index in [4.69, 9.17) is 0 Å². The summed E-state index contributed by atoms with van der Waals surface area (Å²) in [5.74, 6) is 0.138. The standard InChI is InChI=1S/C13H11FN4O/c14-13(19)18-11-7-16-12-9-6-15-5-4-8(9)2-1-3-10(12)17-11/h4-7H,1-3H2,(H,17,18,19). The molecule has 0 spiro atoms. The van der Waals surface area contributed by atoms with Crippen molar-refractivity contribution in [2.45, 2.75) is 19.3 Å². The highest BCUT2D eigenvalue weighted by molar-refractivity contribution is 5.82. The van der Waals surface area contributed by atoms with E-state index < -0.39 is 6.16 Å². The molecule has 0 saturated carbocycles. The van der Waals surface area contributed by atoms with Crippen molar-refractivity contribution < 1.29 is 9.18 Å². The lowest BCUT2D eigenvalue weighted by atomic mass is 10.1. The highest BCUT2D eigenvalue weighted by Gasteiger charge is 2.17. The number of anilines is 1. The van der Waals surface area contributed by atoms with Gasteiger partial charge in [0.05, 0.1) is 17.6 Å². The first-order chi connectivity index (χ1) is 9.24. The maximum absolute atomic E-state index is 12.3. The summed E-state index contributed by atoms with van der Waals surface area (Å²) in [4.78, 5) is 23.0. The van der Waals surface area contributed by atoms with Crippen molar-refractivity contribution in [2.75, 3.05) is 5.32 Å². The zero-order chi connectivity index (χ0) is 13.2. The number of nitrogens with one attached hydrogen (secondary N) is 1. The van der Waals surface area contributed by atoms with Crippen molar-refractivity contribution in [3.63, 3.8) is 0 Å². The third-order valence-electron chi connectivity index (χ3n) is 3.10. The Morgan fingerprint density at radius 2 is 2.21 bits per heavy atom. The number of hydrogen-bond donors (Lipinski definition) is 1. The normalized spacial score (nSPS) is 13.1. The molecule has 1 aliphatic rings. The zero-order valence-corrected chi connectivity index (χ0v) is 10.1. The molecule has 1 aliphatic carbocycles. The van der Waals surface area contributed by atoms with Gasteiger partial charge in [-0.3, -0.25) is 15.3 Å². The van der Waals surface area contributed by atoms with Crippen molar-refractivity contribution >= 4 is 12.0 Å². The third-order valence-corrected chi connectivity index (χ3v) is 3.10. The molecule has 0 aliphatic heterocycles. The van der Waals surface area contributed by atoms with Gasteiger partial charge in [0, 0.05) is 18.0 Å². The predicted molar refractivity (Wildman–Crippen MR) is 67.4 cm³/mol. The van der Waals surface area contributed by atoms with E-state index in [-0.39, 0.29) is 5.82 Å². The van der Waals surface area contributed by atoms with Crippen LogP contribution in [-0.2, 0) is 12.8 Å². The van der Waals surface area contributed by atoms with Crippen LogP contribution in [0.1, 0.15) is 17.7 Å². The average Bonchev–Trinajstić information content (AvgIpc) is 2.56. The lowest BCUT2D eigenvalue weighted by Crippen LogP contribution is -2.07. The van der Waals surface area contributed by atoms with Gasteiger partial charge in [-0.25, -0.2) is 9.78 Å². The number of carbonyl (C=O) groups is 1. The Balaban J connectivity index is 2.08. The van der Waals surface area contributed by atoms with Gasteiger partial charge in [-0.1, -0.05) is 0 Å². The van der Waals surface area contributed by atoms with E-state index in [2.05, 4.69) is 15.0 Å². The number of halogens is 1. The van der Waals surface area contributed by atoms with Gasteiger partial charge in [0.2, 0.25) is 0 Å². The van der Waals surface area contributed by atoms with Crippen LogP contribution in [0.2, 0.25) is 0 Å². The SMILES string of the molecule is O=C(F)Nc1cnc2c(n1)CCCc1ccncc1-2. The monoisotopic (exact) mass is 258 g/mol. The van der Waals surface area contributed by atoms with Gasteiger partial charge < -0.3 is 0 Å². The lowest BCUT2D eigenvalue weighted by Gasteiger charge is -2.08. The minimum Gasteiger partial charge on any atom is -0.281 e. The minimum absolute atomic E-state index is 0.138. The summed E-state index contributed by atoms with van der Waals surface area (Å²) in [5, 5.41) is 2.00. The first-order valence-electron chi connectivity index (χ1n) is 5.99. The molecular weight excluding hydrogens is 247 g/mol. The van der Waals surface area contributed by atoms with Gasteiger partial charge in [0.1, 0.15) is 0 Å². The smallest absolute Gasteiger partial charge is 0.281 e. The Kier molecular flexibility index (Phi) is 2.91. The number of nitrogens with zero attached hydrogens (tertiary/aromatic N) is 3. The van der Waals surface area contributed by atoms with Gasteiger partial charge in [-0.15, -0.1) is 4.39 Å². The fourth-order valence-corrected chi connectivity index (χ4v) is 2.29. The molecule has 0 unspecified atom stereocenters. The second-order valence-corrected chi connectivity index (χ2v) is 4.34. The van der Waals surface area contributed by atoms with Crippen molar-refractivity contribution in [1.82, 2.24) is 15.0 Å². The molecule has 96 valence electrons. The molecule has 1 N–H and O–H groups in total. The van der Waals surface area contributed by atoms with Crippen LogP contribution in [0.3, 0.4) is 0 Å². The second kappa shape index (κ2) is 4.72. The van der Waals surface area contributed by atoms with Gasteiger partial charge in [0.25, 0.3) is 0 Å². The van der Waals surface area contributed by atoms with Gasteiger partial charge >= 0.3 is 6.16 Å². The van der Waals surface area contributed by atoms with Gasteiger partial charge in [0.15, 0.2) is 5.82 Å². The van der Waals surface area contributed by atoms with E-state index in [1.54, 1.807) is 12.4 Å². The third kappa shape index (κ3) is 2.29. The van der Waals surface area contributed by atoms with Crippen LogP contribution in [0.5, 0.6) is 0 Å². The molecule has 0 radical (unpaired) electrons. The molecule has 6 heteroatoms. The van der Waals surface area contributed by atoms with Crippen LogP contribution in [0, 0.1) is 0 Å². The summed E-state index contributed by atoms with van der Waals surface area (Å²) in [7, 11) is 0. The summed E-state index contributed by atoms with van der Waals surface area (Å²) < 4.78 is 12.3. The number of aryl methyl sites for hydroxylation is 2. The summed E-state index contributed by atoms with van der Waals surface area (Å²) in [5.41, 5.74) is 3.67. The molecule has 0 bridgehead atoms. The van der Waals surface area contributed by atoms with Crippen LogP contribution >= 0.6 is 0 Å². The van der Waals surface area contributed by atoms with E-state index in [9.17, 15) is 9.18 Å². The number of carbonyl (C=O) groups excluding carboxylic acids is 1. The number of amides is 1. The number of aromatic nitrogens is 3. The average molecular weight is 258 g/mol. The second-order valence-electron chi connectivity index (χ2n) is 4.34. The van der Waals surface area contributed by atoms with Crippen molar-refractivity contribution in [2.24, 2.45) is 0 Å². The summed E-state index contributed by atoms with van der Waals surface area (Å²) in [6.07, 6.45) is 5.86. The molecule has 2 aromatic rings. The minimum atomic E-state index is -1.63. The first kappa shape index (κ1) is 11.7. The topological polar surface area (TPSA) is 67.8 Å². The fourth-order valence-electron chi connectivity index (χ4n) is 2.29.